The molecule has 3 rings (SSSR count). The molecule has 0 amide bonds. The summed E-state index contributed by atoms with van der Waals surface area (Å²) >= 11 is 6.28. The fourth-order valence-corrected chi connectivity index (χ4v) is 2.60. The first kappa shape index (κ1) is 18.7. The van der Waals surface area contributed by atoms with Gasteiger partial charge in [-0.2, -0.15) is 5.10 Å². The molecule has 1 heterocycles. The second-order valence-corrected chi connectivity index (χ2v) is 6.18. The molecule has 2 aromatic carbocycles. The Morgan fingerprint density at radius 2 is 2.04 bits per heavy atom. The summed E-state index contributed by atoms with van der Waals surface area (Å²) in [5, 5.41) is 4.58. The van der Waals surface area contributed by atoms with Crippen LogP contribution in [0.4, 0.5) is 5.95 Å². The Morgan fingerprint density at radius 1 is 1.22 bits per heavy atom. The monoisotopic (exact) mass is 382 g/mol. The number of H-pyrrole nitrogens is 1. The number of aromatic amines is 1. The summed E-state index contributed by atoms with van der Waals surface area (Å²) in [4.78, 5) is 18.4. The van der Waals surface area contributed by atoms with Crippen molar-refractivity contribution in [3.05, 3.63) is 86.8 Å². The van der Waals surface area contributed by atoms with Crippen LogP contribution in [0.5, 0.6) is 5.75 Å². The Hall–Kier alpha value is -3.12. The van der Waals surface area contributed by atoms with Crippen molar-refractivity contribution in [2.24, 2.45) is 5.10 Å². The van der Waals surface area contributed by atoms with Crippen LogP contribution in [0.1, 0.15) is 23.7 Å². The standard InChI is InChI=1S/C20H19ClN4O2/c1-2-16-11-19(26)24-20(23-16)25-22-12-15-8-9-18(17(21)10-15)27-13-14-6-4-3-5-7-14/h3-12H,2,13H2,1H3,(H2,23,24,25,26)/b22-12-. The number of aromatic nitrogens is 2. The number of halogens is 1. The van der Waals surface area contributed by atoms with Gasteiger partial charge >= 0.3 is 0 Å². The van der Waals surface area contributed by atoms with Gasteiger partial charge in [0, 0.05) is 11.8 Å². The Balaban J connectivity index is 1.62. The predicted molar refractivity (Wildman–Crippen MR) is 108 cm³/mol. The van der Waals surface area contributed by atoms with Crippen LogP contribution in [0.25, 0.3) is 0 Å². The van der Waals surface area contributed by atoms with Gasteiger partial charge in [-0.25, -0.2) is 10.4 Å². The second-order valence-electron chi connectivity index (χ2n) is 5.77. The molecular weight excluding hydrogens is 364 g/mol. The van der Waals surface area contributed by atoms with E-state index >= 15 is 0 Å². The number of ether oxygens (including phenoxy) is 1. The molecule has 3 aromatic rings. The zero-order chi connectivity index (χ0) is 19.1. The third kappa shape index (κ3) is 5.43. The van der Waals surface area contributed by atoms with E-state index in [1.54, 1.807) is 18.3 Å². The molecule has 7 heteroatoms. The van der Waals surface area contributed by atoms with Crippen molar-refractivity contribution >= 4 is 23.8 Å². The first-order valence-corrected chi connectivity index (χ1v) is 8.87. The Morgan fingerprint density at radius 3 is 2.78 bits per heavy atom. The van der Waals surface area contributed by atoms with Crippen molar-refractivity contribution in [2.75, 3.05) is 5.43 Å². The highest BCUT2D eigenvalue weighted by atomic mass is 35.5. The SMILES string of the molecule is CCc1cc(=O)[nH]c(N/N=C\c2ccc(OCc3ccccc3)c(Cl)c2)n1. The number of anilines is 1. The molecule has 0 atom stereocenters. The van der Waals surface area contributed by atoms with Crippen LogP contribution in [0.2, 0.25) is 5.02 Å². The average Bonchev–Trinajstić information content (AvgIpc) is 2.67. The first-order valence-electron chi connectivity index (χ1n) is 8.49. The molecule has 0 saturated heterocycles. The fourth-order valence-electron chi connectivity index (χ4n) is 2.36. The highest BCUT2D eigenvalue weighted by molar-refractivity contribution is 6.32. The normalized spacial score (nSPS) is 10.9. The van der Waals surface area contributed by atoms with Crippen molar-refractivity contribution in [2.45, 2.75) is 20.0 Å². The summed E-state index contributed by atoms with van der Waals surface area (Å²) in [6, 6.07) is 16.7. The minimum absolute atomic E-state index is 0.220. The molecule has 0 unspecified atom stereocenters. The van der Waals surface area contributed by atoms with E-state index < -0.39 is 0 Å². The van der Waals surface area contributed by atoms with Gasteiger partial charge in [-0.15, -0.1) is 0 Å². The number of hydrazone groups is 1. The van der Waals surface area contributed by atoms with Crippen molar-refractivity contribution in [1.82, 2.24) is 9.97 Å². The Labute approximate surface area is 161 Å². The molecule has 138 valence electrons. The van der Waals surface area contributed by atoms with Crippen molar-refractivity contribution in [3.63, 3.8) is 0 Å². The van der Waals surface area contributed by atoms with Crippen LogP contribution in [0.15, 0.2) is 64.5 Å². The molecule has 0 spiro atoms. The van der Waals surface area contributed by atoms with Gasteiger partial charge in [0.05, 0.1) is 11.2 Å². The van der Waals surface area contributed by atoms with Gasteiger partial charge in [-0.3, -0.25) is 9.78 Å². The number of rotatable bonds is 7. The zero-order valence-electron chi connectivity index (χ0n) is 14.8. The zero-order valence-corrected chi connectivity index (χ0v) is 15.5. The lowest BCUT2D eigenvalue weighted by Crippen LogP contribution is -2.11. The number of nitrogens with one attached hydrogen (secondary N) is 2. The van der Waals surface area contributed by atoms with Crippen molar-refractivity contribution in [1.29, 1.82) is 0 Å². The molecule has 1 aromatic heterocycles. The molecule has 0 bridgehead atoms. The summed E-state index contributed by atoms with van der Waals surface area (Å²) < 4.78 is 5.75. The number of benzene rings is 2. The maximum Gasteiger partial charge on any atom is 0.252 e. The molecule has 2 N–H and O–H groups in total. The number of nitrogens with zero attached hydrogens (tertiary/aromatic N) is 2. The van der Waals surface area contributed by atoms with Crippen LogP contribution in [0.3, 0.4) is 0 Å². The third-order valence-corrected chi connectivity index (χ3v) is 4.03. The van der Waals surface area contributed by atoms with E-state index in [1.807, 2.05) is 43.3 Å². The molecule has 27 heavy (non-hydrogen) atoms. The Kier molecular flexibility index (Phi) is 6.22. The lowest BCUT2D eigenvalue weighted by Gasteiger charge is -2.08. The van der Waals surface area contributed by atoms with Crippen LogP contribution >= 0.6 is 11.6 Å². The fraction of sp³-hybridized carbons (Fsp3) is 0.150. The number of aryl methyl sites for hydroxylation is 1. The lowest BCUT2D eigenvalue weighted by molar-refractivity contribution is 0.306. The topological polar surface area (TPSA) is 79.4 Å². The highest BCUT2D eigenvalue weighted by Gasteiger charge is 2.03. The van der Waals surface area contributed by atoms with Crippen molar-refractivity contribution in [3.8, 4) is 5.75 Å². The summed E-state index contributed by atoms with van der Waals surface area (Å²) in [6.07, 6.45) is 2.26. The summed E-state index contributed by atoms with van der Waals surface area (Å²) in [6.45, 7) is 2.38. The molecule has 0 radical (unpaired) electrons. The smallest absolute Gasteiger partial charge is 0.252 e. The van der Waals surface area contributed by atoms with Gasteiger partial charge in [0.15, 0.2) is 0 Å². The minimum atomic E-state index is -0.220. The Bertz CT molecular complexity index is 987. The van der Waals surface area contributed by atoms with Gasteiger partial charge in [-0.05, 0) is 35.7 Å². The molecule has 6 nitrogen and oxygen atoms in total. The maximum absolute atomic E-state index is 11.5. The van der Waals surface area contributed by atoms with Crippen LogP contribution in [0, 0.1) is 0 Å². The van der Waals surface area contributed by atoms with Crippen LogP contribution in [-0.4, -0.2) is 16.2 Å². The predicted octanol–water partition coefficient (Wildman–Crippen LogP) is 4.01. The summed E-state index contributed by atoms with van der Waals surface area (Å²) in [7, 11) is 0. The molecule has 0 aliphatic heterocycles. The number of hydrogen-bond acceptors (Lipinski definition) is 5. The summed E-state index contributed by atoms with van der Waals surface area (Å²) in [5.41, 5.74) is 5.05. The summed E-state index contributed by atoms with van der Waals surface area (Å²) in [5.74, 6) is 0.900. The molecule has 0 fully saturated rings. The largest absolute Gasteiger partial charge is 0.487 e. The molecule has 0 aliphatic rings. The first-order chi connectivity index (χ1) is 13.1. The number of hydrogen-bond donors (Lipinski definition) is 2. The molecular formula is C20H19ClN4O2. The van der Waals surface area contributed by atoms with E-state index in [0.717, 1.165) is 11.1 Å². The van der Waals surface area contributed by atoms with E-state index in [2.05, 4.69) is 20.5 Å². The van der Waals surface area contributed by atoms with Gasteiger partial charge in [-0.1, -0.05) is 48.9 Å². The van der Waals surface area contributed by atoms with E-state index in [4.69, 9.17) is 16.3 Å². The minimum Gasteiger partial charge on any atom is -0.487 e. The third-order valence-electron chi connectivity index (χ3n) is 3.73. The van der Waals surface area contributed by atoms with Crippen LogP contribution < -0.4 is 15.7 Å². The molecule has 0 aliphatic carbocycles. The second kappa shape index (κ2) is 9.00. The lowest BCUT2D eigenvalue weighted by atomic mass is 10.2. The van der Waals surface area contributed by atoms with E-state index in [0.29, 0.717) is 35.4 Å². The van der Waals surface area contributed by atoms with Crippen molar-refractivity contribution < 1.29 is 4.74 Å². The van der Waals surface area contributed by atoms with Gasteiger partial charge in [0.1, 0.15) is 12.4 Å². The van der Waals surface area contributed by atoms with E-state index in [1.165, 1.54) is 6.07 Å². The van der Waals surface area contributed by atoms with E-state index in [9.17, 15) is 4.79 Å². The quantitative estimate of drug-likeness (QED) is 0.478. The van der Waals surface area contributed by atoms with E-state index in [-0.39, 0.29) is 5.56 Å². The maximum atomic E-state index is 11.5. The van der Waals surface area contributed by atoms with Gasteiger partial charge in [0.2, 0.25) is 5.95 Å². The van der Waals surface area contributed by atoms with Crippen LogP contribution in [-0.2, 0) is 13.0 Å². The van der Waals surface area contributed by atoms with Gasteiger partial charge in [0.25, 0.3) is 5.56 Å². The molecule has 0 saturated carbocycles. The van der Waals surface area contributed by atoms with Gasteiger partial charge < -0.3 is 4.74 Å². The highest BCUT2D eigenvalue weighted by Crippen LogP contribution is 2.25. The average molecular weight is 383 g/mol.